The summed E-state index contributed by atoms with van der Waals surface area (Å²) in [7, 11) is 0. The summed E-state index contributed by atoms with van der Waals surface area (Å²) in [6, 6.07) is 16.1. The zero-order valence-corrected chi connectivity index (χ0v) is 12.5. The molecule has 0 bridgehead atoms. The number of hydrogen-bond donors (Lipinski definition) is 0. The van der Waals surface area contributed by atoms with E-state index in [0.717, 1.165) is 5.56 Å². The van der Waals surface area contributed by atoms with Crippen LogP contribution in [0.3, 0.4) is 0 Å². The summed E-state index contributed by atoms with van der Waals surface area (Å²) >= 11 is 0. The number of para-hydroxylation sites is 1. The van der Waals surface area contributed by atoms with Gasteiger partial charge in [0.25, 0.3) is 0 Å². The molecule has 2 aromatic rings. The Morgan fingerprint density at radius 3 is 2.27 bits per heavy atom. The Morgan fingerprint density at radius 2 is 1.64 bits per heavy atom. The van der Waals surface area contributed by atoms with E-state index in [2.05, 4.69) is 0 Å². The van der Waals surface area contributed by atoms with Gasteiger partial charge in [0.05, 0.1) is 13.0 Å². The summed E-state index contributed by atoms with van der Waals surface area (Å²) in [5.74, 6) is 0.287. The molecule has 4 heteroatoms. The van der Waals surface area contributed by atoms with Crippen LogP contribution in [-0.2, 0) is 16.0 Å². The average Bonchev–Trinajstić information content (AvgIpc) is 2.54. The van der Waals surface area contributed by atoms with E-state index in [0.29, 0.717) is 17.9 Å². The van der Waals surface area contributed by atoms with Crippen molar-refractivity contribution in [3.8, 4) is 5.75 Å². The molecule has 2 aromatic carbocycles. The highest BCUT2D eigenvalue weighted by molar-refractivity contribution is 5.97. The maximum Gasteiger partial charge on any atom is 0.310 e. The Labute approximate surface area is 129 Å². The zero-order chi connectivity index (χ0) is 15.8. The number of rotatable bonds is 7. The molecule has 0 aliphatic heterocycles. The fraction of sp³-hybridized carbons (Fsp3) is 0.222. The lowest BCUT2D eigenvalue weighted by Crippen LogP contribution is -2.12. The van der Waals surface area contributed by atoms with Crippen LogP contribution < -0.4 is 4.74 Å². The predicted molar refractivity (Wildman–Crippen MR) is 83.0 cm³/mol. The zero-order valence-electron chi connectivity index (χ0n) is 12.5. The van der Waals surface area contributed by atoms with Gasteiger partial charge in [-0.25, -0.2) is 0 Å². The maximum absolute atomic E-state index is 12.0. The molecule has 22 heavy (non-hydrogen) atoms. The van der Waals surface area contributed by atoms with E-state index in [4.69, 9.17) is 9.47 Å². The van der Waals surface area contributed by atoms with Crippen molar-refractivity contribution in [2.75, 3.05) is 13.2 Å². The minimum atomic E-state index is -0.269. The Hall–Kier alpha value is -2.62. The number of hydrogen-bond acceptors (Lipinski definition) is 4. The van der Waals surface area contributed by atoms with E-state index in [1.807, 2.05) is 18.2 Å². The van der Waals surface area contributed by atoms with E-state index in [9.17, 15) is 9.59 Å². The van der Waals surface area contributed by atoms with E-state index in [1.54, 1.807) is 43.3 Å². The van der Waals surface area contributed by atoms with E-state index in [-0.39, 0.29) is 24.8 Å². The van der Waals surface area contributed by atoms with E-state index >= 15 is 0 Å². The van der Waals surface area contributed by atoms with Crippen molar-refractivity contribution in [3.05, 3.63) is 65.7 Å². The average molecular weight is 298 g/mol. The molecule has 0 saturated heterocycles. The van der Waals surface area contributed by atoms with Crippen molar-refractivity contribution in [2.24, 2.45) is 0 Å². The Morgan fingerprint density at radius 1 is 0.955 bits per heavy atom. The van der Waals surface area contributed by atoms with E-state index in [1.165, 1.54) is 0 Å². The van der Waals surface area contributed by atoms with E-state index < -0.39 is 0 Å². The fourth-order valence-corrected chi connectivity index (χ4v) is 1.94. The molecule has 2 rings (SSSR count). The molecule has 0 saturated carbocycles. The van der Waals surface area contributed by atoms with Crippen LogP contribution in [0.2, 0.25) is 0 Å². The normalized spacial score (nSPS) is 10.0. The van der Waals surface area contributed by atoms with Gasteiger partial charge >= 0.3 is 5.97 Å². The lowest BCUT2D eigenvalue weighted by atomic mass is 10.1. The van der Waals surface area contributed by atoms with Crippen LogP contribution in [0, 0.1) is 0 Å². The third-order valence-corrected chi connectivity index (χ3v) is 3.04. The van der Waals surface area contributed by atoms with Crippen molar-refractivity contribution >= 4 is 11.8 Å². The number of carbonyl (C=O) groups is 2. The molecule has 0 heterocycles. The Kier molecular flexibility index (Phi) is 5.72. The van der Waals surface area contributed by atoms with Gasteiger partial charge in [-0.1, -0.05) is 42.5 Å². The van der Waals surface area contributed by atoms with Crippen molar-refractivity contribution in [1.29, 1.82) is 0 Å². The highest BCUT2D eigenvalue weighted by Crippen LogP contribution is 2.11. The van der Waals surface area contributed by atoms with Gasteiger partial charge in [-0.2, -0.15) is 0 Å². The van der Waals surface area contributed by atoms with Gasteiger partial charge < -0.3 is 9.47 Å². The lowest BCUT2D eigenvalue weighted by molar-refractivity contribution is -0.142. The van der Waals surface area contributed by atoms with Crippen molar-refractivity contribution < 1.29 is 19.1 Å². The van der Waals surface area contributed by atoms with Crippen molar-refractivity contribution in [3.63, 3.8) is 0 Å². The summed E-state index contributed by atoms with van der Waals surface area (Å²) in [4.78, 5) is 23.4. The first kappa shape index (κ1) is 15.8. The standard InChI is InChI=1S/C18H18O4/c1-2-21-18(20)12-14-8-10-15(11-9-14)17(19)13-22-16-6-4-3-5-7-16/h3-11H,2,12-13H2,1H3. The Balaban J connectivity index is 1.89. The summed E-state index contributed by atoms with van der Waals surface area (Å²) in [5, 5.41) is 0. The van der Waals surface area contributed by atoms with Crippen molar-refractivity contribution in [1.82, 2.24) is 0 Å². The van der Waals surface area contributed by atoms with Gasteiger partial charge in [0.1, 0.15) is 5.75 Å². The first-order chi connectivity index (χ1) is 10.7. The van der Waals surface area contributed by atoms with Crippen LogP contribution in [0.25, 0.3) is 0 Å². The quantitative estimate of drug-likeness (QED) is 0.582. The second kappa shape index (κ2) is 7.98. The molecule has 0 amide bonds. The molecule has 0 aliphatic carbocycles. The van der Waals surface area contributed by atoms with Crippen LogP contribution >= 0.6 is 0 Å². The number of Topliss-reactive ketones (excluding diaryl/α,β-unsaturated/α-hetero) is 1. The highest BCUT2D eigenvalue weighted by atomic mass is 16.5. The maximum atomic E-state index is 12.0. The second-order valence-electron chi connectivity index (χ2n) is 4.70. The van der Waals surface area contributed by atoms with Crippen LogP contribution in [-0.4, -0.2) is 25.0 Å². The van der Waals surface area contributed by atoms with Gasteiger partial charge in [-0.05, 0) is 24.6 Å². The number of carbonyl (C=O) groups excluding carboxylic acids is 2. The molecule has 0 radical (unpaired) electrons. The molecule has 0 aliphatic rings. The molecule has 0 N–H and O–H groups in total. The van der Waals surface area contributed by atoms with Gasteiger partial charge in [-0.3, -0.25) is 9.59 Å². The molecule has 0 aromatic heterocycles. The molecule has 114 valence electrons. The molecule has 0 spiro atoms. The lowest BCUT2D eigenvalue weighted by Gasteiger charge is -2.06. The first-order valence-corrected chi connectivity index (χ1v) is 7.14. The van der Waals surface area contributed by atoms with Crippen LogP contribution in [0.5, 0.6) is 5.75 Å². The molecular formula is C18H18O4. The smallest absolute Gasteiger partial charge is 0.310 e. The Bertz CT molecular complexity index is 617. The van der Waals surface area contributed by atoms with Gasteiger partial charge in [-0.15, -0.1) is 0 Å². The van der Waals surface area contributed by atoms with Crippen LogP contribution in [0.15, 0.2) is 54.6 Å². The number of ketones is 1. The van der Waals surface area contributed by atoms with Crippen LogP contribution in [0.1, 0.15) is 22.8 Å². The second-order valence-corrected chi connectivity index (χ2v) is 4.70. The molecule has 0 fully saturated rings. The SMILES string of the molecule is CCOC(=O)Cc1ccc(C(=O)COc2ccccc2)cc1. The minimum absolute atomic E-state index is 0.0127. The fourth-order valence-electron chi connectivity index (χ4n) is 1.94. The monoisotopic (exact) mass is 298 g/mol. The summed E-state index contributed by atoms with van der Waals surface area (Å²) < 4.78 is 10.3. The largest absolute Gasteiger partial charge is 0.485 e. The third-order valence-electron chi connectivity index (χ3n) is 3.04. The summed E-state index contributed by atoms with van der Waals surface area (Å²) in [6.45, 7) is 2.12. The predicted octanol–water partition coefficient (Wildman–Crippen LogP) is 3.05. The number of benzene rings is 2. The minimum Gasteiger partial charge on any atom is -0.485 e. The topological polar surface area (TPSA) is 52.6 Å². The number of ether oxygens (including phenoxy) is 2. The number of esters is 1. The molecule has 0 atom stereocenters. The summed E-state index contributed by atoms with van der Waals surface area (Å²) in [5.41, 5.74) is 1.38. The molecule has 4 nitrogen and oxygen atoms in total. The van der Waals surface area contributed by atoms with Gasteiger partial charge in [0, 0.05) is 5.56 Å². The van der Waals surface area contributed by atoms with Crippen LogP contribution in [0.4, 0.5) is 0 Å². The highest BCUT2D eigenvalue weighted by Gasteiger charge is 2.08. The van der Waals surface area contributed by atoms with Gasteiger partial charge in [0.15, 0.2) is 12.4 Å². The summed E-state index contributed by atoms with van der Waals surface area (Å²) in [6.07, 6.45) is 0.211. The molecular weight excluding hydrogens is 280 g/mol. The van der Waals surface area contributed by atoms with Gasteiger partial charge in [0.2, 0.25) is 0 Å². The van der Waals surface area contributed by atoms with Crippen molar-refractivity contribution in [2.45, 2.75) is 13.3 Å². The molecule has 0 unspecified atom stereocenters. The first-order valence-electron chi connectivity index (χ1n) is 7.14. The third kappa shape index (κ3) is 4.74.